The standard InChI is InChI=1S/C14H21NO/c16-10-4-3-9-15-14-8-7-12-5-1-2-6-13(12)11-14/h1-2,5-6,14-16H,3-4,7-11H2. The third-order valence-corrected chi connectivity index (χ3v) is 3.36. The highest BCUT2D eigenvalue weighted by Gasteiger charge is 2.16. The van der Waals surface area contributed by atoms with Gasteiger partial charge >= 0.3 is 0 Å². The van der Waals surface area contributed by atoms with Crippen molar-refractivity contribution in [1.29, 1.82) is 0 Å². The van der Waals surface area contributed by atoms with Crippen molar-refractivity contribution in [3.63, 3.8) is 0 Å². The minimum atomic E-state index is 0.315. The summed E-state index contributed by atoms with van der Waals surface area (Å²) in [4.78, 5) is 0. The summed E-state index contributed by atoms with van der Waals surface area (Å²) in [6.07, 6.45) is 5.60. The van der Waals surface area contributed by atoms with Crippen LogP contribution in [0.1, 0.15) is 30.4 Å². The van der Waals surface area contributed by atoms with Gasteiger partial charge in [-0.2, -0.15) is 0 Å². The summed E-state index contributed by atoms with van der Waals surface area (Å²) in [7, 11) is 0. The van der Waals surface area contributed by atoms with Gasteiger partial charge in [-0.1, -0.05) is 24.3 Å². The Morgan fingerprint density at radius 1 is 1.19 bits per heavy atom. The van der Waals surface area contributed by atoms with Crippen LogP contribution in [0.5, 0.6) is 0 Å². The summed E-state index contributed by atoms with van der Waals surface area (Å²) in [5.41, 5.74) is 3.03. The van der Waals surface area contributed by atoms with Crippen molar-refractivity contribution >= 4 is 0 Å². The first-order valence-corrected chi connectivity index (χ1v) is 6.31. The minimum absolute atomic E-state index is 0.315. The molecule has 2 rings (SSSR count). The number of benzene rings is 1. The van der Waals surface area contributed by atoms with Gasteiger partial charge in [0.15, 0.2) is 0 Å². The van der Waals surface area contributed by atoms with Gasteiger partial charge in [0.1, 0.15) is 0 Å². The van der Waals surface area contributed by atoms with Gasteiger partial charge in [-0.15, -0.1) is 0 Å². The molecule has 1 aromatic rings. The summed E-state index contributed by atoms with van der Waals surface area (Å²) < 4.78 is 0. The van der Waals surface area contributed by atoms with Crippen LogP contribution in [0.2, 0.25) is 0 Å². The fraction of sp³-hybridized carbons (Fsp3) is 0.571. The molecule has 88 valence electrons. The Morgan fingerprint density at radius 2 is 2.00 bits per heavy atom. The van der Waals surface area contributed by atoms with E-state index >= 15 is 0 Å². The Kier molecular flexibility index (Phi) is 4.37. The van der Waals surface area contributed by atoms with Gasteiger partial charge in [0, 0.05) is 12.6 Å². The lowest BCUT2D eigenvalue weighted by molar-refractivity contribution is 0.282. The van der Waals surface area contributed by atoms with Crippen LogP contribution in [0.3, 0.4) is 0 Å². The zero-order chi connectivity index (χ0) is 11.2. The monoisotopic (exact) mass is 219 g/mol. The normalized spacial score (nSPS) is 19.4. The molecular formula is C14H21NO. The molecule has 1 aliphatic rings. The topological polar surface area (TPSA) is 32.3 Å². The lowest BCUT2D eigenvalue weighted by Crippen LogP contribution is -2.35. The van der Waals surface area contributed by atoms with Crippen LogP contribution in [0.25, 0.3) is 0 Å². The Hall–Kier alpha value is -0.860. The van der Waals surface area contributed by atoms with Crippen molar-refractivity contribution in [2.45, 2.75) is 38.1 Å². The predicted octanol–water partition coefficient (Wildman–Crippen LogP) is 1.91. The summed E-state index contributed by atoms with van der Waals surface area (Å²) in [6, 6.07) is 9.39. The molecule has 0 saturated heterocycles. The predicted molar refractivity (Wildman–Crippen MR) is 66.6 cm³/mol. The smallest absolute Gasteiger partial charge is 0.0431 e. The van der Waals surface area contributed by atoms with Crippen molar-refractivity contribution in [2.75, 3.05) is 13.2 Å². The first-order valence-electron chi connectivity index (χ1n) is 6.31. The van der Waals surface area contributed by atoms with E-state index in [0.29, 0.717) is 12.6 Å². The maximum Gasteiger partial charge on any atom is 0.0431 e. The zero-order valence-electron chi connectivity index (χ0n) is 9.78. The van der Waals surface area contributed by atoms with Crippen LogP contribution in [0.15, 0.2) is 24.3 Å². The van der Waals surface area contributed by atoms with Crippen molar-refractivity contribution < 1.29 is 5.11 Å². The molecule has 0 bridgehead atoms. The van der Waals surface area contributed by atoms with Gasteiger partial charge in [-0.3, -0.25) is 0 Å². The number of aliphatic hydroxyl groups excluding tert-OH is 1. The van der Waals surface area contributed by atoms with E-state index < -0.39 is 0 Å². The van der Waals surface area contributed by atoms with Crippen LogP contribution < -0.4 is 5.32 Å². The maximum absolute atomic E-state index is 8.71. The molecule has 1 unspecified atom stereocenters. The Morgan fingerprint density at radius 3 is 2.81 bits per heavy atom. The van der Waals surface area contributed by atoms with Crippen LogP contribution in [0, 0.1) is 0 Å². The van der Waals surface area contributed by atoms with Gasteiger partial charge in [0.2, 0.25) is 0 Å². The number of hydrogen-bond acceptors (Lipinski definition) is 2. The second-order valence-corrected chi connectivity index (χ2v) is 4.59. The number of nitrogens with one attached hydrogen (secondary N) is 1. The third kappa shape index (κ3) is 3.06. The van der Waals surface area contributed by atoms with E-state index in [2.05, 4.69) is 29.6 Å². The molecule has 1 atom stereocenters. The largest absolute Gasteiger partial charge is 0.396 e. The van der Waals surface area contributed by atoms with E-state index in [4.69, 9.17) is 5.11 Å². The van der Waals surface area contributed by atoms with E-state index in [1.54, 1.807) is 0 Å². The molecule has 2 heteroatoms. The molecular weight excluding hydrogens is 198 g/mol. The zero-order valence-corrected chi connectivity index (χ0v) is 9.78. The van der Waals surface area contributed by atoms with Crippen LogP contribution in [-0.4, -0.2) is 24.3 Å². The highest BCUT2D eigenvalue weighted by Crippen LogP contribution is 2.20. The van der Waals surface area contributed by atoms with Gasteiger partial charge in [-0.05, 0) is 49.8 Å². The molecule has 1 aromatic carbocycles. The Balaban J connectivity index is 1.79. The van der Waals surface area contributed by atoms with Gasteiger partial charge < -0.3 is 10.4 Å². The number of hydrogen-bond donors (Lipinski definition) is 2. The summed E-state index contributed by atoms with van der Waals surface area (Å²) in [6.45, 7) is 1.35. The van der Waals surface area contributed by atoms with E-state index in [-0.39, 0.29) is 0 Å². The molecule has 0 spiro atoms. The molecule has 0 fully saturated rings. The number of fused-ring (bicyclic) bond motifs is 1. The average Bonchev–Trinajstić information content (AvgIpc) is 2.34. The lowest BCUT2D eigenvalue weighted by atomic mass is 9.88. The van der Waals surface area contributed by atoms with Crippen molar-refractivity contribution in [2.24, 2.45) is 0 Å². The molecule has 16 heavy (non-hydrogen) atoms. The second-order valence-electron chi connectivity index (χ2n) is 4.59. The van der Waals surface area contributed by atoms with E-state index in [0.717, 1.165) is 25.8 Å². The van der Waals surface area contributed by atoms with Crippen molar-refractivity contribution in [3.8, 4) is 0 Å². The van der Waals surface area contributed by atoms with Gasteiger partial charge in [-0.25, -0.2) is 0 Å². The molecule has 2 N–H and O–H groups in total. The first kappa shape index (κ1) is 11.6. The average molecular weight is 219 g/mol. The maximum atomic E-state index is 8.71. The van der Waals surface area contributed by atoms with Crippen molar-refractivity contribution in [1.82, 2.24) is 5.32 Å². The first-order chi connectivity index (χ1) is 7.90. The van der Waals surface area contributed by atoms with Crippen molar-refractivity contribution in [3.05, 3.63) is 35.4 Å². The fourth-order valence-corrected chi connectivity index (χ4v) is 2.41. The van der Waals surface area contributed by atoms with E-state index in [9.17, 15) is 0 Å². The van der Waals surface area contributed by atoms with Crippen LogP contribution in [0.4, 0.5) is 0 Å². The highest BCUT2D eigenvalue weighted by atomic mass is 16.2. The second kappa shape index (κ2) is 6.02. The fourth-order valence-electron chi connectivity index (χ4n) is 2.41. The highest BCUT2D eigenvalue weighted by molar-refractivity contribution is 5.30. The molecule has 2 nitrogen and oxygen atoms in total. The number of unbranched alkanes of at least 4 members (excludes halogenated alkanes) is 1. The lowest BCUT2D eigenvalue weighted by Gasteiger charge is -2.25. The SMILES string of the molecule is OCCCCNC1CCc2ccccc2C1. The number of aliphatic hydroxyl groups is 1. The third-order valence-electron chi connectivity index (χ3n) is 3.36. The van der Waals surface area contributed by atoms with Crippen LogP contribution in [-0.2, 0) is 12.8 Å². The summed E-state index contributed by atoms with van der Waals surface area (Å²) in [5.74, 6) is 0. The van der Waals surface area contributed by atoms with E-state index in [1.807, 2.05) is 0 Å². The molecule has 1 aliphatic carbocycles. The summed E-state index contributed by atoms with van der Waals surface area (Å²) in [5, 5.41) is 12.3. The Bertz CT molecular complexity index is 324. The van der Waals surface area contributed by atoms with Gasteiger partial charge in [0.25, 0.3) is 0 Å². The number of aryl methyl sites for hydroxylation is 1. The minimum Gasteiger partial charge on any atom is -0.396 e. The molecule has 0 saturated carbocycles. The van der Waals surface area contributed by atoms with Crippen LogP contribution >= 0.6 is 0 Å². The molecule has 0 radical (unpaired) electrons. The quantitative estimate of drug-likeness (QED) is 0.741. The molecule has 0 aromatic heterocycles. The molecule has 0 heterocycles. The Labute approximate surface area is 97.7 Å². The summed E-state index contributed by atoms with van der Waals surface area (Å²) >= 11 is 0. The molecule has 0 amide bonds. The number of rotatable bonds is 5. The van der Waals surface area contributed by atoms with E-state index in [1.165, 1.54) is 24.0 Å². The van der Waals surface area contributed by atoms with Gasteiger partial charge in [0.05, 0.1) is 0 Å². The molecule has 0 aliphatic heterocycles.